The van der Waals surface area contributed by atoms with Gasteiger partial charge in [0.05, 0.1) is 10.5 Å². The summed E-state index contributed by atoms with van der Waals surface area (Å²) in [6.45, 7) is 0. The number of hydrogen-bond donors (Lipinski definition) is 1. The summed E-state index contributed by atoms with van der Waals surface area (Å²) in [4.78, 5) is 10.4. The first-order valence-corrected chi connectivity index (χ1v) is 6.02. The van der Waals surface area contributed by atoms with E-state index in [2.05, 4.69) is 0 Å². The van der Waals surface area contributed by atoms with Crippen molar-refractivity contribution in [1.82, 2.24) is 0 Å². The van der Waals surface area contributed by atoms with Crippen molar-refractivity contribution in [2.75, 3.05) is 0 Å². The van der Waals surface area contributed by atoms with Gasteiger partial charge in [-0.3, -0.25) is 0 Å². The Kier molecular flexibility index (Phi) is 4.19. The van der Waals surface area contributed by atoms with Gasteiger partial charge in [0.25, 0.3) is 0 Å². The van der Waals surface area contributed by atoms with Crippen LogP contribution in [0.3, 0.4) is 0 Å². The number of benzene rings is 2. The molecule has 18 heavy (non-hydrogen) atoms. The van der Waals surface area contributed by atoms with Crippen molar-refractivity contribution in [3.8, 4) is 0 Å². The Hall–Kier alpha value is -1.32. The number of carboxylic acids is 1. The molecule has 0 atom stereocenters. The second-order valence-electron chi connectivity index (χ2n) is 3.48. The summed E-state index contributed by atoms with van der Waals surface area (Å²) in [6.07, 6.45) is 0. The molecule has 0 unspecified atom stereocenters. The van der Waals surface area contributed by atoms with Crippen LogP contribution in [-0.4, -0.2) is 24.0 Å². The van der Waals surface area contributed by atoms with Gasteiger partial charge in [0.1, 0.15) is 10.1 Å². The third-order valence-corrected chi connectivity index (χ3v) is 3.18. The molecular weight excluding hydrogens is 251 g/mol. The zero-order valence-electron chi connectivity index (χ0n) is 9.45. The number of aromatic carboxylic acids is 1. The van der Waals surface area contributed by atoms with Gasteiger partial charge >= 0.3 is 24.8 Å². The first-order chi connectivity index (χ1) is 7.88. The zero-order chi connectivity index (χ0) is 12.6. The minimum absolute atomic E-state index is 0. The summed E-state index contributed by atoms with van der Waals surface area (Å²) < 4.78 is 32.4. The molecule has 0 aromatic heterocycles. The van der Waals surface area contributed by atoms with Crippen molar-refractivity contribution < 1.29 is 41.7 Å². The summed E-state index contributed by atoms with van der Waals surface area (Å²) >= 11 is 0. The zero-order valence-corrected chi connectivity index (χ0v) is 10.3. The Morgan fingerprint density at radius 1 is 1.06 bits per heavy atom. The van der Waals surface area contributed by atoms with E-state index < -0.39 is 16.1 Å². The third kappa shape index (κ3) is 2.92. The molecule has 0 saturated carbocycles. The van der Waals surface area contributed by atoms with Gasteiger partial charge in [0.15, 0.2) is 0 Å². The topological polar surface area (TPSA) is 94.5 Å². The monoisotopic (exact) mass is 258 g/mol. The molecule has 0 spiro atoms. The van der Waals surface area contributed by atoms with Crippen molar-refractivity contribution in [3.05, 3.63) is 42.0 Å². The van der Waals surface area contributed by atoms with Crippen LogP contribution in [-0.2, 0) is 10.1 Å². The van der Waals surface area contributed by atoms with E-state index in [1.54, 1.807) is 0 Å². The first-order valence-electron chi connectivity index (χ1n) is 4.61. The molecule has 7 heteroatoms. The van der Waals surface area contributed by atoms with Crippen molar-refractivity contribution in [2.24, 2.45) is 0 Å². The third-order valence-electron chi connectivity index (χ3n) is 2.35. The van der Waals surface area contributed by atoms with Gasteiger partial charge in [-0.1, -0.05) is 12.1 Å². The van der Waals surface area contributed by atoms with Crippen LogP contribution in [0.25, 0.3) is 10.8 Å². The molecule has 0 amide bonds. The van der Waals surface area contributed by atoms with Gasteiger partial charge in [-0.15, -0.1) is 0 Å². The second-order valence-corrected chi connectivity index (χ2v) is 4.86. The van der Waals surface area contributed by atoms with Gasteiger partial charge in [-0.2, -0.15) is 0 Å². The predicted molar refractivity (Wildman–Crippen MR) is 58.9 cm³/mol. The van der Waals surface area contributed by atoms with Crippen LogP contribution in [0.5, 0.6) is 0 Å². The van der Waals surface area contributed by atoms with Crippen LogP contribution in [0.15, 0.2) is 41.3 Å². The van der Waals surface area contributed by atoms with Gasteiger partial charge < -0.3 is 9.66 Å². The molecule has 2 rings (SSSR count). The standard InChI is InChI=1S/C11H8O5S.Li/c12-11(13)9-2-1-8-6-10(17(14,15)16)4-3-7(8)5-9;/h1-6H,(H,12,13)(H,14,15,16);/q;+1/p-1. The largest absolute Gasteiger partial charge is 1.00 e. The summed E-state index contributed by atoms with van der Waals surface area (Å²) in [6, 6.07) is 8.03. The molecular formula is C11H7LiO5S. The molecule has 0 aliphatic heterocycles. The van der Waals surface area contributed by atoms with E-state index in [1.807, 2.05) is 0 Å². The molecule has 2 aromatic rings. The first kappa shape index (κ1) is 14.7. The van der Waals surface area contributed by atoms with Crippen molar-refractivity contribution >= 4 is 26.9 Å². The second kappa shape index (κ2) is 5.12. The van der Waals surface area contributed by atoms with Gasteiger partial charge in [0.2, 0.25) is 0 Å². The van der Waals surface area contributed by atoms with Crippen molar-refractivity contribution in [3.63, 3.8) is 0 Å². The molecule has 0 aliphatic rings. The van der Waals surface area contributed by atoms with E-state index in [-0.39, 0.29) is 29.3 Å². The molecule has 1 N–H and O–H groups in total. The fourth-order valence-corrected chi connectivity index (χ4v) is 2.02. The summed E-state index contributed by atoms with van der Waals surface area (Å²) in [7, 11) is -4.49. The summed E-state index contributed by atoms with van der Waals surface area (Å²) in [5, 5.41) is 9.86. The quantitative estimate of drug-likeness (QED) is 0.519. The van der Waals surface area contributed by atoms with E-state index in [1.165, 1.54) is 30.3 Å². The molecule has 0 fully saturated rings. The summed E-state index contributed by atoms with van der Waals surface area (Å²) in [5.74, 6) is -1.06. The van der Waals surface area contributed by atoms with Gasteiger partial charge in [-0.25, -0.2) is 13.2 Å². The van der Waals surface area contributed by atoms with Crippen LogP contribution in [0.1, 0.15) is 10.4 Å². The minimum atomic E-state index is -4.49. The summed E-state index contributed by atoms with van der Waals surface area (Å²) in [5.41, 5.74) is 0.107. The number of carboxylic acid groups (broad SMARTS) is 1. The van der Waals surface area contributed by atoms with E-state index in [9.17, 15) is 17.8 Å². The molecule has 0 aliphatic carbocycles. The molecule has 5 nitrogen and oxygen atoms in total. The predicted octanol–water partition coefficient (Wildman–Crippen LogP) is -1.55. The number of carbonyl (C=O) groups is 1. The van der Waals surface area contributed by atoms with Crippen LogP contribution in [0, 0.1) is 0 Å². The van der Waals surface area contributed by atoms with Crippen LogP contribution in [0.4, 0.5) is 0 Å². The normalized spacial score (nSPS) is 10.9. The average molecular weight is 258 g/mol. The molecule has 0 bridgehead atoms. The average Bonchev–Trinajstić information content (AvgIpc) is 2.26. The van der Waals surface area contributed by atoms with Crippen LogP contribution < -0.4 is 18.9 Å². The molecule has 0 saturated heterocycles. The van der Waals surface area contributed by atoms with E-state index >= 15 is 0 Å². The van der Waals surface area contributed by atoms with E-state index in [0.717, 1.165) is 6.07 Å². The molecule has 88 valence electrons. The van der Waals surface area contributed by atoms with Crippen LogP contribution in [0.2, 0.25) is 0 Å². The SMILES string of the molecule is O=C(O)c1ccc2cc(S(=O)(=O)[O-])ccc2c1.[Li+]. The van der Waals surface area contributed by atoms with Crippen LogP contribution >= 0.6 is 0 Å². The maximum atomic E-state index is 10.8. The minimum Gasteiger partial charge on any atom is -0.744 e. The van der Waals surface area contributed by atoms with Crippen molar-refractivity contribution in [1.29, 1.82) is 0 Å². The molecule has 0 radical (unpaired) electrons. The number of fused-ring (bicyclic) bond motifs is 1. The fraction of sp³-hybridized carbons (Fsp3) is 0. The Morgan fingerprint density at radius 2 is 1.61 bits per heavy atom. The van der Waals surface area contributed by atoms with Crippen molar-refractivity contribution in [2.45, 2.75) is 4.90 Å². The maximum absolute atomic E-state index is 10.8. The van der Waals surface area contributed by atoms with Gasteiger partial charge in [0, 0.05) is 0 Å². The van der Waals surface area contributed by atoms with Gasteiger partial charge in [-0.05, 0) is 35.0 Å². The Morgan fingerprint density at radius 3 is 2.17 bits per heavy atom. The molecule has 0 heterocycles. The molecule has 2 aromatic carbocycles. The van der Waals surface area contributed by atoms with E-state index in [0.29, 0.717) is 10.8 Å². The number of hydrogen-bond acceptors (Lipinski definition) is 4. The smallest absolute Gasteiger partial charge is 0.744 e. The number of rotatable bonds is 2. The maximum Gasteiger partial charge on any atom is 1.00 e. The fourth-order valence-electron chi connectivity index (χ4n) is 1.51. The van der Waals surface area contributed by atoms with E-state index in [4.69, 9.17) is 5.11 Å². The Bertz CT molecular complexity index is 708. The Balaban J connectivity index is 0.00000162. The Labute approximate surface area is 115 Å².